The number of fused-ring (bicyclic) bond motifs is 12. The predicted molar refractivity (Wildman–Crippen MR) is 186 cm³/mol. The number of rotatable bonds is 0. The minimum absolute atomic E-state index is 0.0282. The van der Waals surface area contributed by atoms with E-state index in [1.807, 2.05) is 0 Å². The molecule has 230 valence electrons. The van der Waals surface area contributed by atoms with Crippen molar-refractivity contribution in [1.29, 1.82) is 0 Å². The number of nitrogens with two attached hydrogens (primary N) is 1. The van der Waals surface area contributed by atoms with E-state index in [2.05, 4.69) is 146 Å². The van der Waals surface area contributed by atoms with Crippen LogP contribution >= 0.6 is 0 Å². The third kappa shape index (κ3) is 2.94. The summed E-state index contributed by atoms with van der Waals surface area (Å²) in [5.74, 6) is 1.08. The Kier molecular flexibility index (Phi) is 5.09. The molecule has 0 fully saturated rings. The summed E-state index contributed by atoms with van der Waals surface area (Å²) in [5.41, 5.74) is 18.1. The van der Waals surface area contributed by atoms with Crippen molar-refractivity contribution in [3.8, 4) is 28.3 Å². The molecule has 0 atom stereocenters. The molecule has 2 heterocycles. The van der Waals surface area contributed by atoms with Crippen LogP contribution in [0.3, 0.4) is 0 Å². The summed E-state index contributed by atoms with van der Waals surface area (Å²) in [6.07, 6.45) is 0. The van der Waals surface area contributed by atoms with E-state index in [9.17, 15) is 5.11 Å². The van der Waals surface area contributed by atoms with Crippen molar-refractivity contribution in [3.05, 3.63) is 94.5 Å². The molecule has 1 spiro atoms. The fraction of sp³-hybridized carbons (Fsp3) is 0.375. The number of anilines is 2. The molecule has 8 rings (SSSR count). The van der Waals surface area contributed by atoms with E-state index in [-0.39, 0.29) is 27.4 Å². The maximum absolute atomic E-state index is 12.4. The Hall–Kier alpha value is -4.25. The van der Waals surface area contributed by atoms with E-state index in [1.165, 1.54) is 27.8 Å². The zero-order chi connectivity index (χ0) is 32.2. The van der Waals surface area contributed by atoms with Gasteiger partial charge in [0.15, 0.2) is 5.66 Å². The van der Waals surface area contributed by atoms with Crippen LogP contribution in [0.2, 0.25) is 0 Å². The Morgan fingerprint density at radius 2 is 1.31 bits per heavy atom. The molecule has 2 aliphatic carbocycles. The standard InChI is InChI=1S/C40H44N4O/c1-36(2,3)22-19-20-25-28(21-22)43(10)40(26-17-13-11-15-23(26)24-16-12-14-18-27(24)40)44-33-31(41)29-30(34(45)32(33)42-35(25)44)38(6,7)39(8,9)37(29,4)5/h11-21,45H,41H2,1-10H3. The van der Waals surface area contributed by atoms with Gasteiger partial charge in [0.1, 0.15) is 17.1 Å². The summed E-state index contributed by atoms with van der Waals surface area (Å²) in [6, 6.07) is 24.2. The molecule has 0 amide bonds. The minimum atomic E-state index is -0.774. The molecule has 0 radical (unpaired) electrons. The summed E-state index contributed by atoms with van der Waals surface area (Å²) >= 11 is 0. The number of imidazole rings is 1. The molecule has 3 aliphatic rings. The maximum atomic E-state index is 12.4. The highest BCUT2D eigenvalue weighted by molar-refractivity contribution is 6.02. The Morgan fingerprint density at radius 1 is 0.756 bits per heavy atom. The van der Waals surface area contributed by atoms with Gasteiger partial charge >= 0.3 is 0 Å². The maximum Gasteiger partial charge on any atom is 0.172 e. The predicted octanol–water partition coefficient (Wildman–Crippen LogP) is 9.06. The number of aromatic hydroxyl groups is 1. The zero-order valence-corrected chi connectivity index (χ0v) is 28.2. The van der Waals surface area contributed by atoms with Crippen LogP contribution in [0, 0.1) is 5.41 Å². The molecule has 0 saturated carbocycles. The van der Waals surface area contributed by atoms with Gasteiger partial charge in [0.05, 0.1) is 16.9 Å². The second kappa shape index (κ2) is 8.12. The topological polar surface area (TPSA) is 67.3 Å². The first kappa shape index (κ1) is 28.2. The van der Waals surface area contributed by atoms with Gasteiger partial charge in [0, 0.05) is 29.3 Å². The van der Waals surface area contributed by atoms with Crippen LogP contribution in [0.1, 0.15) is 90.1 Å². The molecule has 3 N–H and O–H groups in total. The number of hydrogen-bond donors (Lipinski definition) is 2. The third-order valence-electron chi connectivity index (χ3n) is 12.7. The lowest BCUT2D eigenvalue weighted by atomic mass is 9.59. The Balaban J connectivity index is 1.62. The molecule has 5 nitrogen and oxygen atoms in total. The van der Waals surface area contributed by atoms with Gasteiger partial charge in [-0.15, -0.1) is 0 Å². The van der Waals surface area contributed by atoms with Crippen molar-refractivity contribution in [1.82, 2.24) is 9.55 Å². The van der Waals surface area contributed by atoms with Gasteiger partial charge in [0.2, 0.25) is 0 Å². The average molecular weight is 597 g/mol. The van der Waals surface area contributed by atoms with Crippen molar-refractivity contribution in [2.24, 2.45) is 5.41 Å². The highest BCUT2D eigenvalue weighted by atomic mass is 16.3. The van der Waals surface area contributed by atoms with Crippen LogP contribution in [-0.4, -0.2) is 21.7 Å². The lowest BCUT2D eigenvalue weighted by Gasteiger charge is -2.48. The lowest BCUT2D eigenvalue weighted by molar-refractivity contribution is 0.124. The second-order valence-electron chi connectivity index (χ2n) is 16.2. The van der Waals surface area contributed by atoms with E-state index in [0.717, 1.165) is 33.7 Å². The van der Waals surface area contributed by atoms with Gasteiger partial charge in [-0.05, 0) is 56.0 Å². The van der Waals surface area contributed by atoms with E-state index in [0.29, 0.717) is 11.2 Å². The largest absolute Gasteiger partial charge is 0.505 e. The molecule has 0 saturated heterocycles. The first-order valence-corrected chi connectivity index (χ1v) is 16.2. The number of aromatic nitrogens is 2. The highest BCUT2D eigenvalue weighted by Gasteiger charge is 2.61. The number of phenolic OH excluding ortho intramolecular Hbond substituents is 1. The lowest BCUT2D eigenvalue weighted by Crippen LogP contribution is -2.52. The smallest absolute Gasteiger partial charge is 0.172 e. The molecule has 1 aliphatic heterocycles. The molecule has 45 heavy (non-hydrogen) atoms. The zero-order valence-electron chi connectivity index (χ0n) is 28.2. The first-order valence-electron chi connectivity index (χ1n) is 16.2. The summed E-state index contributed by atoms with van der Waals surface area (Å²) < 4.78 is 2.36. The summed E-state index contributed by atoms with van der Waals surface area (Å²) in [5, 5.41) is 12.4. The quantitative estimate of drug-likeness (QED) is 0.138. The molecule has 1 aromatic heterocycles. The second-order valence-corrected chi connectivity index (χ2v) is 16.2. The van der Waals surface area contributed by atoms with Gasteiger partial charge in [-0.2, -0.15) is 0 Å². The SMILES string of the molecule is CN1c2cc(C(C)(C)C)ccc2-c2nc3c(O)c4c(c(N)c3n2C12c1ccccc1-c1ccccc12)C(C)(C)C(C)(C)C4(C)C. The van der Waals surface area contributed by atoms with Crippen molar-refractivity contribution >= 4 is 22.4 Å². The number of phenols is 1. The summed E-state index contributed by atoms with van der Waals surface area (Å²) in [6.45, 7) is 20.4. The summed E-state index contributed by atoms with van der Waals surface area (Å²) in [4.78, 5) is 7.82. The fourth-order valence-corrected chi connectivity index (χ4v) is 9.06. The van der Waals surface area contributed by atoms with Gasteiger partial charge in [0.25, 0.3) is 0 Å². The fourth-order valence-electron chi connectivity index (χ4n) is 9.06. The molecule has 5 heteroatoms. The first-order chi connectivity index (χ1) is 21.0. The summed E-state index contributed by atoms with van der Waals surface area (Å²) in [7, 11) is 2.21. The van der Waals surface area contributed by atoms with E-state index in [1.54, 1.807) is 0 Å². The molecule has 5 aromatic rings. The monoisotopic (exact) mass is 596 g/mol. The van der Waals surface area contributed by atoms with Gasteiger partial charge in [-0.3, -0.25) is 4.57 Å². The number of hydrogen-bond acceptors (Lipinski definition) is 4. The van der Waals surface area contributed by atoms with Crippen LogP contribution in [0.4, 0.5) is 11.4 Å². The van der Waals surface area contributed by atoms with Crippen LogP contribution in [0.5, 0.6) is 5.75 Å². The van der Waals surface area contributed by atoms with E-state index in [4.69, 9.17) is 10.7 Å². The van der Waals surface area contributed by atoms with Crippen molar-refractivity contribution < 1.29 is 5.11 Å². The highest BCUT2D eigenvalue weighted by Crippen LogP contribution is 2.67. The van der Waals surface area contributed by atoms with E-state index >= 15 is 0 Å². The minimum Gasteiger partial charge on any atom is -0.505 e. The molecule has 4 aromatic carbocycles. The van der Waals surface area contributed by atoms with Crippen molar-refractivity contribution in [2.75, 3.05) is 17.7 Å². The van der Waals surface area contributed by atoms with Crippen LogP contribution in [-0.2, 0) is 21.9 Å². The Labute approximate surface area is 266 Å². The van der Waals surface area contributed by atoms with Gasteiger partial charge < -0.3 is 15.7 Å². The van der Waals surface area contributed by atoms with E-state index < -0.39 is 5.66 Å². The number of nitrogen functional groups attached to an aromatic ring is 1. The number of nitrogens with zero attached hydrogens (tertiary/aromatic N) is 3. The van der Waals surface area contributed by atoms with Crippen molar-refractivity contribution in [2.45, 2.75) is 84.2 Å². The molecular weight excluding hydrogens is 552 g/mol. The number of benzene rings is 4. The average Bonchev–Trinajstić information content (AvgIpc) is 3.56. The molecule has 0 bridgehead atoms. The van der Waals surface area contributed by atoms with Gasteiger partial charge in [-0.25, -0.2) is 4.98 Å². The Morgan fingerprint density at radius 3 is 1.89 bits per heavy atom. The Bertz CT molecular complexity index is 2080. The molecular formula is C40H44N4O. The van der Waals surface area contributed by atoms with Crippen LogP contribution in [0.25, 0.3) is 33.5 Å². The van der Waals surface area contributed by atoms with Gasteiger partial charge in [-0.1, -0.05) is 117 Å². The normalized spacial score (nSPS) is 19.3. The molecule has 0 unspecified atom stereocenters. The van der Waals surface area contributed by atoms with Crippen LogP contribution in [0.15, 0.2) is 66.7 Å². The van der Waals surface area contributed by atoms with Crippen LogP contribution < -0.4 is 10.6 Å². The third-order valence-corrected chi connectivity index (χ3v) is 12.7. The van der Waals surface area contributed by atoms with Crippen molar-refractivity contribution in [3.63, 3.8) is 0 Å².